The van der Waals surface area contributed by atoms with Gasteiger partial charge in [0.1, 0.15) is 5.82 Å². The third-order valence-corrected chi connectivity index (χ3v) is 4.21. The van der Waals surface area contributed by atoms with E-state index >= 15 is 0 Å². The molecule has 0 bridgehead atoms. The molecule has 3 atom stereocenters. The van der Waals surface area contributed by atoms with Crippen LogP contribution in [0.25, 0.3) is 0 Å². The van der Waals surface area contributed by atoms with Gasteiger partial charge in [0, 0.05) is 11.6 Å². The molecule has 1 aromatic rings. The highest BCUT2D eigenvalue weighted by Gasteiger charge is 2.31. The van der Waals surface area contributed by atoms with E-state index in [0.717, 1.165) is 12.8 Å². The minimum Gasteiger partial charge on any atom is -0.349 e. The van der Waals surface area contributed by atoms with Crippen molar-refractivity contribution >= 4 is 5.91 Å². The summed E-state index contributed by atoms with van der Waals surface area (Å²) in [6.07, 6.45) is 2.20. The summed E-state index contributed by atoms with van der Waals surface area (Å²) in [7, 11) is 0. The lowest BCUT2D eigenvalue weighted by Crippen LogP contribution is -2.37. The van der Waals surface area contributed by atoms with Crippen LogP contribution in [-0.4, -0.2) is 11.9 Å². The molecule has 1 aromatic carbocycles. The van der Waals surface area contributed by atoms with Crippen molar-refractivity contribution in [3.05, 3.63) is 35.1 Å². The van der Waals surface area contributed by atoms with E-state index in [4.69, 9.17) is 0 Å². The first kappa shape index (κ1) is 13.1. The SMILES string of the molecule is Cc1cc(F)ccc1C(=O)NC1CCC(C)C1C. The van der Waals surface area contributed by atoms with Crippen molar-refractivity contribution in [3.8, 4) is 0 Å². The molecule has 0 spiro atoms. The van der Waals surface area contributed by atoms with Gasteiger partial charge in [-0.1, -0.05) is 13.8 Å². The molecule has 2 nitrogen and oxygen atoms in total. The zero-order valence-corrected chi connectivity index (χ0v) is 11.2. The Bertz CT molecular complexity index is 458. The van der Waals surface area contributed by atoms with Gasteiger partial charge in [-0.3, -0.25) is 4.79 Å². The average Bonchev–Trinajstić information content (AvgIpc) is 2.61. The van der Waals surface area contributed by atoms with Crippen LogP contribution < -0.4 is 5.32 Å². The normalized spacial score (nSPS) is 27.2. The lowest BCUT2D eigenvalue weighted by Gasteiger charge is -2.20. The van der Waals surface area contributed by atoms with Crippen molar-refractivity contribution in [2.24, 2.45) is 11.8 Å². The molecule has 0 radical (unpaired) electrons. The summed E-state index contributed by atoms with van der Waals surface area (Å²) >= 11 is 0. The monoisotopic (exact) mass is 249 g/mol. The van der Waals surface area contributed by atoms with Crippen LogP contribution in [0.4, 0.5) is 4.39 Å². The summed E-state index contributed by atoms with van der Waals surface area (Å²) in [6.45, 7) is 6.17. The predicted octanol–water partition coefficient (Wildman–Crippen LogP) is 3.30. The molecular formula is C15H20FNO. The molecular weight excluding hydrogens is 229 g/mol. The summed E-state index contributed by atoms with van der Waals surface area (Å²) < 4.78 is 13.0. The van der Waals surface area contributed by atoms with E-state index in [1.54, 1.807) is 13.0 Å². The van der Waals surface area contributed by atoms with Crippen molar-refractivity contribution in [2.75, 3.05) is 0 Å². The number of carbonyl (C=O) groups is 1. The molecule has 98 valence electrons. The number of hydrogen-bond acceptors (Lipinski definition) is 1. The van der Waals surface area contributed by atoms with Gasteiger partial charge in [0.2, 0.25) is 0 Å². The molecule has 3 heteroatoms. The van der Waals surface area contributed by atoms with E-state index in [2.05, 4.69) is 19.2 Å². The third-order valence-electron chi connectivity index (χ3n) is 4.21. The molecule has 0 aliphatic heterocycles. The predicted molar refractivity (Wildman–Crippen MR) is 70.0 cm³/mol. The van der Waals surface area contributed by atoms with Gasteiger partial charge in [0.25, 0.3) is 5.91 Å². The molecule has 1 fully saturated rings. The second-order valence-corrected chi connectivity index (χ2v) is 5.45. The summed E-state index contributed by atoms with van der Waals surface area (Å²) in [5.41, 5.74) is 1.26. The number of nitrogens with one attached hydrogen (secondary N) is 1. The number of hydrogen-bond donors (Lipinski definition) is 1. The van der Waals surface area contributed by atoms with Gasteiger partial charge in [-0.25, -0.2) is 4.39 Å². The van der Waals surface area contributed by atoms with Gasteiger partial charge >= 0.3 is 0 Å². The molecule has 1 amide bonds. The maximum Gasteiger partial charge on any atom is 0.251 e. The van der Waals surface area contributed by atoms with Gasteiger partial charge in [-0.15, -0.1) is 0 Å². The number of rotatable bonds is 2. The van der Waals surface area contributed by atoms with Gasteiger partial charge in [0.15, 0.2) is 0 Å². The smallest absolute Gasteiger partial charge is 0.251 e. The summed E-state index contributed by atoms with van der Waals surface area (Å²) in [5, 5.41) is 3.07. The van der Waals surface area contributed by atoms with Crippen molar-refractivity contribution < 1.29 is 9.18 Å². The Hall–Kier alpha value is -1.38. The second kappa shape index (κ2) is 5.09. The lowest BCUT2D eigenvalue weighted by molar-refractivity contribution is 0.0926. The first-order chi connectivity index (χ1) is 8.49. The van der Waals surface area contributed by atoms with Crippen molar-refractivity contribution in [3.63, 3.8) is 0 Å². The Labute approximate surface area is 108 Å². The van der Waals surface area contributed by atoms with Gasteiger partial charge in [0.05, 0.1) is 0 Å². The van der Waals surface area contributed by atoms with Crippen LogP contribution in [0.3, 0.4) is 0 Å². The van der Waals surface area contributed by atoms with Crippen molar-refractivity contribution in [1.82, 2.24) is 5.32 Å². The largest absolute Gasteiger partial charge is 0.349 e. The van der Waals surface area contributed by atoms with Crippen LogP contribution in [0.15, 0.2) is 18.2 Å². The molecule has 1 N–H and O–H groups in total. The maximum atomic E-state index is 13.0. The highest BCUT2D eigenvalue weighted by molar-refractivity contribution is 5.95. The zero-order chi connectivity index (χ0) is 13.3. The highest BCUT2D eigenvalue weighted by Crippen LogP contribution is 2.31. The van der Waals surface area contributed by atoms with E-state index in [0.29, 0.717) is 23.0 Å². The van der Waals surface area contributed by atoms with E-state index in [-0.39, 0.29) is 17.8 Å². The van der Waals surface area contributed by atoms with Crippen LogP contribution in [0.1, 0.15) is 42.6 Å². The molecule has 1 aliphatic rings. The quantitative estimate of drug-likeness (QED) is 0.856. The van der Waals surface area contributed by atoms with Crippen LogP contribution >= 0.6 is 0 Å². The Morgan fingerprint density at radius 3 is 2.61 bits per heavy atom. The second-order valence-electron chi connectivity index (χ2n) is 5.45. The summed E-state index contributed by atoms with van der Waals surface area (Å²) in [6, 6.07) is 4.54. The van der Waals surface area contributed by atoms with Crippen molar-refractivity contribution in [1.29, 1.82) is 0 Å². The average molecular weight is 249 g/mol. The lowest BCUT2D eigenvalue weighted by atomic mass is 9.97. The highest BCUT2D eigenvalue weighted by atomic mass is 19.1. The molecule has 18 heavy (non-hydrogen) atoms. The number of aryl methyl sites for hydroxylation is 1. The Morgan fingerprint density at radius 1 is 1.33 bits per heavy atom. The van der Waals surface area contributed by atoms with E-state index in [1.807, 2.05) is 0 Å². The van der Waals surface area contributed by atoms with Crippen molar-refractivity contribution in [2.45, 2.75) is 39.7 Å². The first-order valence-electron chi connectivity index (χ1n) is 6.56. The van der Waals surface area contributed by atoms with Crippen LogP contribution in [0.5, 0.6) is 0 Å². The standard InChI is InChI=1S/C15H20FNO/c1-9-4-7-14(11(9)3)17-15(18)13-6-5-12(16)8-10(13)2/h5-6,8-9,11,14H,4,7H2,1-3H3,(H,17,18). The topological polar surface area (TPSA) is 29.1 Å². The van der Waals surface area contributed by atoms with Crippen LogP contribution in [-0.2, 0) is 0 Å². The van der Waals surface area contributed by atoms with E-state index < -0.39 is 0 Å². The van der Waals surface area contributed by atoms with Crippen LogP contribution in [0.2, 0.25) is 0 Å². The molecule has 1 saturated carbocycles. The molecule has 0 aromatic heterocycles. The van der Waals surface area contributed by atoms with Gasteiger partial charge in [-0.2, -0.15) is 0 Å². The molecule has 2 rings (SSSR count). The zero-order valence-electron chi connectivity index (χ0n) is 11.2. The summed E-state index contributed by atoms with van der Waals surface area (Å²) in [4.78, 5) is 12.2. The molecule has 3 unspecified atom stereocenters. The Morgan fingerprint density at radius 2 is 2.06 bits per heavy atom. The van der Waals surface area contributed by atoms with Gasteiger partial charge < -0.3 is 5.32 Å². The molecule has 0 heterocycles. The fourth-order valence-corrected chi connectivity index (χ4v) is 2.70. The number of carbonyl (C=O) groups excluding carboxylic acids is 1. The number of amides is 1. The van der Waals surface area contributed by atoms with E-state index in [9.17, 15) is 9.18 Å². The minimum atomic E-state index is -0.299. The van der Waals surface area contributed by atoms with E-state index in [1.165, 1.54) is 12.1 Å². The number of benzene rings is 1. The fraction of sp³-hybridized carbons (Fsp3) is 0.533. The Balaban J connectivity index is 2.08. The number of halogens is 1. The molecule has 0 saturated heterocycles. The maximum absolute atomic E-state index is 13.0. The van der Waals surface area contributed by atoms with Crippen LogP contribution in [0, 0.1) is 24.6 Å². The Kier molecular flexibility index (Phi) is 3.69. The first-order valence-corrected chi connectivity index (χ1v) is 6.56. The summed E-state index contributed by atoms with van der Waals surface area (Å²) in [5.74, 6) is 0.782. The van der Waals surface area contributed by atoms with Gasteiger partial charge in [-0.05, 0) is 55.4 Å². The molecule has 1 aliphatic carbocycles. The minimum absolute atomic E-state index is 0.0848. The fourth-order valence-electron chi connectivity index (χ4n) is 2.70. The third kappa shape index (κ3) is 2.55.